The monoisotopic (exact) mass is 1090 g/mol. The van der Waals surface area contributed by atoms with E-state index < -0.39 is 49.5 Å². The molecular weight excluding hydrogens is 959 g/mol. The number of hydrogen-bond donors (Lipinski definition) is 6. The molecule has 1 fully saturated rings. The Kier molecular flexibility index (Phi) is 55.4. The van der Waals surface area contributed by atoms with Gasteiger partial charge in [-0.2, -0.15) is 0 Å². The van der Waals surface area contributed by atoms with Gasteiger partial charge in [-0.05, 0) is 44.9 Å². The number of ether oxygens (including phenoxy) is 2. The van der Waals surface area contributed by atoms with Crippen molar-refractivity contribution in [2.75, 3.05) is 13.2 Å². The highest BCUT2D eigenvalue weighted by Crippen LogP contribution is 2.24. The molecule has 1 saturated heterocycles. The largest absolute Gasteiger partial charge is 0.394 e. The second-order valence-corrected chi connectivity index (χ2v) is 24.0. The van der Waals surface area contributed by atoms with Crippen LogP contribution < -0.4 is 5.32 Å². The first-order valence-electron chi connectivity index (χ1n) is 34.0. The second kappa shape index (κ2) is 57.9. The summed E-state index contributed by atoms with van der Waals surface area (Å²) in [5.74, 6) is -0.143. The van der Waals surface area contributed by atoms with E-state index in [2.05, 4.69) is 43.5 Å². The summed E-state index contributed by atoms with van der Waals surface area (Å²) in [6, 6.07) is -0.722. The van der Waals surface area contributed by atoms with Crippen LogP contribution in [0.1, 0.15) is 348 Å². The zero-order chi connectivity index (χ0) is 55.8. The molecule has 456 valence electrons. The third-order valence-corrected chi connectivity index (χ3v) is 16.6. The summed E-state index contributed by atoms with van der Waals surface area (Å²) in [6.07, 6.45) is 68.1. The Bertz CT molecular complexity index is 1260. The molecule has 0 spiro atoms. The predicted molar refractivity (Wildman–Crippen MR) is 327 cm³/mol. The van der Waals surface area contributed by atoms with Crippen LogP contribution in [0.25, 0.3) is 0 Å². The first-order chi connectivity index (χ1) is 37.8. The number of aliphatic hydroxyl groups excluding tert-OH is 5. The molecule has 1 amide bonds. The van der Waals surface area contributed by atoms with E-state index in [9.17, 15) is 30.3 Å². The Balaban J connectivity index is 2.10. The fourth-order valence-corrected chi connectivity index (χ4v) is 11.2. The van der Waals surface area contributed by atoms with Crippen molar-refractivity contribution in [3.63, 3.8) is 0 Å². The third-order valence-electron chi connectivity index (χ3n) is 16.6. The molecule has 77 heavy (non-hydrogen) atoms. The van der Waals surface area contributed by atoms with Gasteiger partial charge >= 0.3 is 0 Å². The highest BCUT2D eigenvalue weighted by Gasteiger charge is 2.44. The number of unbranched alkanes of at least 4 members (excludes halogenated alkanes) is 46. The lowest BCUT2D eigenvalue weighted by molar-refractivity contribution is -0.302. The normalized spacial score (nSPS) is 18.8. The minimum atomic E-state index is -1.55. The zero-order valence-corrected chi connectivity index (χ0v) is 51.0. The van der Waals surface area contributed by atoms with E-state index in [1.54, 1.807) is 0 Å². The molecule has 0 aromatic carbocycles. The van der Waals surface area contributed by atoms with Gasteiger partial charge in [-0.15, -0.1) is 0 Å². The number of allylic oxidation sites excluding steroid dienone is 4. The maximum atomic E-state index is 13.1. The van der Waals surface area contributed by atoms with E-state index in [0.29, 0.717) is 12.8 Å². The standard InChI is InChI=1S/C68H131NO8/c1-3-5-7-9-11-13-15-17-19-21-23-25-26-27-28-29-30-31-32-33-34-35-36-38-39-41-43-45-47-49-51-53-55-57-62(71)61(60-76-68-67(75)66(74)65(73)63(59-70)77-68)69-64(72)58-56-54-52-50-48-46-44-42-40-37-24-22-20-18-16-14-12-10-8-6-4-2/h16,18,22,24,61-63,65-68,70-71,73-75H,3-15,17,19-21,23,25-60H2,1-2H3,(H,69,72)/b18-16-,24-22-. The number of aliphatic hydroxyl groups is 5. The Labute approximate surface area is 477 Å². The highest BCUT2D eigenvalue weighted by atomic mass is 16.7. The minimum absolute atomic E-state index is 0.137. The molecule has 7 unspecified atom stereocenters. The third kappa shape index (κ3) is 46.9. The van der Waals surface area contributed by atoms with Gasteiger partial charge in [0.05, 0.1) is 25.4 Å². The van der Waals surface area contributed by atoms with Crippen molar-refractivity contribution in [2.45, 2.75) is 391 Å². The van der Waals surface area contributed by atoms with Crippen molar-refractivity contribution in [1.29, 1.82) is 0 Å². The Morgan fingerprint density at radius 1 is 0.442 bits per heavy atom. The maximum Gasteiger partial charge on any atom is 0.220 e. The first kappa shape index (κ1) is 73.7. The lowest BCUT2D eigenvalue weighted by Crippen LogP contribution is -2.60. The van der Waals surface area contributed by atoms with E-state index in [-0.39, 0.29) is 12.5 Å². The molecule has 0 aromatic heterocycles. The predicted octanol–water partition coefficient (Wildman–Crippen LogP) is 18.1. The van der Waals surface area contributed by atoms with Crippen molar-refractivity contribution in [3.8, 4) is 0 Å². The van der Waals surface area contributed by atoms with Crippen LogP contribution in [-0.2, 0) is 14.3 Å². The fraction of sp³-hybridized carbons (Fsp3) is 0.926. The summed E-state index contributed by atoms with van der Waals surface area (Å²) >= 11 is 0. The molecule has 0 aromatic rings. The summed E-state index contributed by atoms with van der Waals surface area (Å²) < 4.78 is 11.4. The van der Waals surface area contributed by atoms with Crippen molar-refractivity contribution in [1.82, 2.24) is 5.32 Å². The second-order valence-electron chi connectivity index (χ2n) is 24.0. The van der Waals surface area contributed by atoms with E-state index in [1.165, 1.54) is 276 Å². The number of carbonyl (C=O) groups excluding carboxylic acids is 1. The van der Waals surface area contributed by atoms with Crippen LogP contribution in [0.15, 0.2) is 24.3 Å². The molecule has 6 N–H and O–H groups in total. The van der Waals surface area contributed by atoms with Gasteiger partial charge in [0.2, 0.25) is 5.91 Å². The lowest BCUT2D eigenvalue weighted by Gasteiger charge is -2.40. The van der Waals surface area contributed by atoms with Crippen LogP contribution in [-0.4, -0.2) is 87.5 Å². The van der Waals surface area contributed by atoms with E-state index in [0.717, 1.165) is 44.9 Å². The van der Waals surface area contributed by atoms with Gasteiger partial charge in [-0.25, -0.2) is 0 Å². The number of rotatable bonds is 60. The van der Waals surface area contributed by atoms with Crippen LogP contribution in [0, 0.1) is 0 Å². The quantitative estimate of drug-likeness (QED) is 0.0261. The number of hydrogen-bond acceptors (Lipinski definition) is 8. The molecule has 1 aliphatic rings. The summed E-state index contributed by atoms with van der Waals surface area (Å²) in [4.78, 5) is 13.1. The summed E-state index contributed by atoms with van der Waals surface area (Å²) in [5.41, 5.74) is 0. The SMILES string of the molecule is CCCCCCC/C=C\C/C=C\CCCCCCCCCCCC(=O)NC(COC1OC(CO)C(O)C(O)C1O)C(O)CCCCCCCCCCCCCCCCCCCCCCCCCCCCCCCCCCC. The molecule has 1 heterocycles. The summed E-state index contributed by atoms with van der Waals surface area (Å²) in [6.45, 7) is 3.87. The molecule has 0 radical (unpaired) electrons. The van der Waals surface area contributed by atoms with Gasteiger partial charge in [0.25, 0.3) is 0 Å². The van der Waals surface area contributed by atoms with Gasteiger partial charge < -0.3 is 40.3 Å². The molecular formula is C68H131NO8. The number of amides is 1. The Hall–Kier alpha value is -1.33. The topological polar surface area (TPSA) is 149 Å². The molecule has 1 rings (SSSR count). The molecule has 0 saturated carbocycles. The van der Waals surface area contributed by atoms with Crippen LogP contribution in [0.3, 0.4) is 0 Å². The molecule has 0 aliphatic carbocycles. The average Bonchev–Trinajstić information content (AvgIpc) is 3.43. The lowest BCUT2D eigenvalue weighted by atomic mass is 9.99. The van der Waals surface area contributed by atoms with Crippen molar-refractivity contribution in [3.05, 3.63) is 24.3 Å². The van der Waals surface area contributed by atoms with Crippen molar-refractivity contribution in [2.24, 2.45) is 0 Å². The first-order valence-corrected chi connectivity index (χ1v) is 34.0. The van der Waals surface area contributed by atoms with E-state index in [4.69, 9.17) is 9.47 Å². The highest BCUT2D eigenvalue weighted by molar-refractivity contribution is 5.76. The summed E-state index contributed by atoms with van der Waals surface area (Å²) in [7, 11) is 0. The number of carbonyl (C=O) groups is 1. The average molecular weight is 1090 g/mol. The molecule has 9 heteroatoms. The molecule has 9 nitrogen and oxygen atoms in total. The zero-order valence-electron chi connectivity index (χ0n) is 51.0. The van der Waals surface area contributed by atoms with E-state index >= 15 is 0 Å². The van der Waals surface area contributed by atoms with Gasteiger partial charge in [0.1, 0.15) is 24.4 Å². The minimum Gasteiger partial charge on any atom is -0.394 e. The number of nitrogens with one attached hydrogen (secondary N) is 1. The van der Waals surface area contributed by atoms with Gasteiger partial charge in [0.15, 0.2) is 6.29 Å². The molecule has 7 atom stereocenters. The van der Waals surface area contributed by atoms with Crippen LogP contribution >= 0.6 is 0 Å². The van der Waals surface area contributed by atoms with Crippen LogP contribution in [0.4, 0.5) is 0 Å². The van der Waals surface area contributed by atoms with Crippen LogP contribution in [0.5, 0.6) is 0 Å². The molecule has 1 aliphatic heterocycles. The Morgan fingerprint density at radius 3 is 1.12 bits per heavy atom. The van der Waals surface area contributed by atoms with Crippen molar-refractivity contribution >= 4 is 5.91 Å². The van der Waals surface area contributed by atoms with E-state index in [1.807, 2.05) is 0 Å². The Morgan fingerprint density at radius 2 is 0.766 bits per heavy atom. The smallest absolute Gasteiger partial charge is 0.220 e. The fourth-order valence-electron chi connectivity index (χ4n) is 11.2. The van der Waals surface area contributed by atoms with Gasteiger partial charge in [-0.1, -0.05) is 321 Å². The van der Waals surface area contributed by atoms with Crippen LogP contribution in [0.2, 0.25) is 0 Å². The van der Waals surface area contributed by atoms with Crippen molar-refractivity contribution < 1.29 is 39.8 Å². The summed E-state index contributed by atoms with van der Waals surface area (Å²) in [5, 5.41) is 54.9. The van der Waals surface area contributed by atoms with Gasteiger partial charge in [0, 0.05) is 6.42 Å². The van der Waals surface area contributed by atoms with Gasteiger partial charge in [-0.3, -0.25) is 4.79 Å². The maximum absolute atomic E-state index is 13.1. The molecule has 0 bridgehead atoms.